The van der Waals surface area contributed by atoms with Gasteiger partial charge in [0.15, 0.2) is 4.96 Å². The van der Waals surface area contributed by atoms with Crippen molar-refractivity contribution in [2.24, 2.45) is 0 Å². The van der Waals surface area contributed by atoms with Crippen LogP contribution in [0.5, 0.6) is 0 Å². The number of anilines is 1. The predicted octanol–water partition coefficient (Wildman–Crippen LogP) is 3.59. The summed E-state index contributed by atoms with van der Waals surface area (Å²) < 4.78 is 1.59. The van der Waals surface area contributed by atoms with Gasteiger partial charge in [-0.3, -0.25) is 14.0 Å². The Morgan fingerprint density at radius 1 is 1.42 bits per heavy atom. The number of nitrogens with one attached hydrogen (secondary N) is 1. The summed E-state index contributed by atoms with van der Waals surface area (Å²) in [6.45, 7) is 1.88. The summed E-state index contributed by atoms with van der Waals surface area (Å²) in [5.74, 6) is 0.617. The Balaban J connectivity index is 1.59. The third kappa shape index (κ3) is 3.80. The summed E-state index contributed by atoms with van der Waals surface area (Å²) in [5.41, 5.74) is 2.06. The lowest BCUT2D eigenvalue weighted by Gasteiger charge is -2.06. The Bertz CT molecular complexity index is 952. The summed E-state index contributed by atoms with van der Waals surface area (Å²) in [7, 11) is 0. The van der Waals surface area contributed by atoms with Crippen LogP contribution in [0.3, 0.4) is 0 Å². The van der Waals surface area contributed by atoms with Gasteiger partial charge in [0, 0.05) is 22.9 Å². The van der Waals surface area contributed by atoms with Crippen molar-refractivity contribution in [3.63, 3.8) is 0 Å². The van der Waals surface area contributed by atoms with E-state index in [1.54, 1.807) is 22.6 Å². The van der Waals surface area contributed by atoms with Crippen molar-refractivity contribution < 1.29 is 4.79 Å². The fourth-order valence-electron chi connectivity index (χ4n) is 2.17. The highest BCUT2D eigenvalue weighted by Gasteiger charge is 2.09. The molecule has 0 atom stereocenters. The lowest BCUT2D eigenvalue weighted by atomic mass is 10.3. The van der Waals surface area contributed by atoms with Crippen molar-refractivity contribution >= 4 is 51.3 Å². The molecule has 1 amide bonds. The summed E-state index contributed by atoms with van der Waals surface area (Å²) in [5, 5.41) is 5.17. The average molecular weight is 380 g/mol. The zero-order chi connectivity index (χ0) is 17.1. The number of thiazole rings is 1. The number of nitrogens with zero attached hydrogens (tertiary/aromatic N) is 2. The second-order valence-electron chi connectivity index (χ2n) is 5.10. The molecule has 0 fully saturated rings. The number of rotatable bonds is 5. The van der Waals surface area contributed by atoms with Crippen LogP contribution in [0.15, 0.2) is 40.5 Å². The molecule has 2 heterocycles. The van der Waals surface area contributed by atoms with Crippen LogP contribution in [-0.4, -0.2) is 21.0 Å². The number of benzene rings is 1. The first-order valence-corrected chi connectivity index (χ1v) is 9.55. The number of hydrogen-bond acceptors (Lipinski definition) is 5. The van der Waals surface area contributed by atoms with Gasteiger partial charge in [-0.25, -0.2) is 4.98 Å². The van der Waals surface area contributed by atoms with Gasteiger partial charge in [-0.05, 0) is 19.1 Å². The Kier molecular flexibility index (Phi) is 5.23. The van der Waals surface area contributed by atoms with E-state index in [0.717, 1.165) is 5.69 Å². The maximum Gasteiger partial charge on any atom is 0.258 e. The summed E-state index contributed by atoms with van der Waals surface area (Å²) in [6, 6.07) is 8.61. The number of carbonyl (C=O) groups excluding carboxylic acids is 1. The minimum atomic E-state index is -0.141. The second-order valence-corrected chi connectivity index (χ2v) is 7.33. The number of carbonyl (C=O) groups is 1. The number of para-hydroxylation sites is 1. The molecule has 0 spiro atoms. The van der Waals surface area contributed by atoms with Crippen LogP contribution in [0, 0.1) is 6.92 Å². The Morgan fingerprint density at radius 3 is 3.00 bits per heavy atom. The van der Waals surface area contributed by atoms with Crippen molar-refractivity contribution in [1.82, 2.24) is 9.38 Å². The molecule has 3 rings (SSSR count). The van der Waals surface area contributed by atoms with Crippen LogP contribution in [0.4, 0.5) is 5.69 Å². The zero-order valence-electron chi connectivity index (χ0n) is 12.8. The van der Waals surface area contributed by atoms with Crippen LogP contribution in [-0.2, 0) is 10.5 Å². The molecule has 0 saturated heterocycles. The van der Waals surface area contributed by atoms with E-state index in [9.17, 15) is 9.59 Å². The minimum Gasteiger partial charge on any atom is -0.324 e. The van der Waals surface area contributed by atoms with Gasteiger partial charge in [0.2, 0.25) is 5.91 Å². The van der Waals surface area contributed by atoms with E-state index in [0.29, 0.717) is 27.1 Å². The van der Waals surface area contributed by atoms with E-state index < -0.39 is 0 Å². The molecule has 124 valence electrons. The van der Waals surface area contributed by atoms with Crippen molar-refractivity contribution in [3.8, 4) is 0 Å². The van der Waals surface area contributed by atoms with Gasteiger partial charge in [-0.15, -0.1) is 23.1 Å². The molecular weight excluding hydrogens is 366 g/mol. The molecule has 0 saturated carbocycles. The van der Waals surface area contributed by atoms with Crippen molar-refractivity contribution in [2.45, 2.75) is 12.7 Å². The Hall–Kier alpha value is -1.83. The summed E-state index contributed by atoms with van der Waals surface area (Å²) in [4.78, 5) is 29.2. The molecule has 2 aromatic heterocycles. The molecule has 24 heavy (non-hydrogen) atoms. The monoisotopic (exact) mass is 379 g/mol. The molecule has 0 aliphatic rings. The predicted molar refractivity (Wildman–Crippen MR) is 100 cm³/mol. The molecule has 0 aliphatic heterocycles. The van der Waals surface area contributed by atoms with Crippen LogP contribution >= 0.6 is 34.7 Å². The maximum atomic E-state index is 12.1. The lowest BCUT2D eigenvalue weighted by molar-refractivity contribution is -0.113. The van der Waals surface area contributed by atoms with E-state index in [1.165, 1.54) is 29.2 Å². The second kappa shape index (κ2) is 7.38. The van der Waals surface area contributed by atoms with Gasteiger partial charge in [0.25, 0.3) is 5.56 Å². The van der Waals surface area contributed by atoms with Crippen LogP contribution < -0.4 is 10.9 Å². The highest BCUT2D eigenvalue weighted by molar-refractivity contribution is 7.99. The van der Waals surface area contributed by atoms with Crippen molar-refractivity contribution in [1.29, 1.82) is 0 Å². The molecule has 1 N–H and O–H groups in total. The molecule has 0 bridgehead atoms. The smallest absolute Gasteiger partial charge is 0.258 e. The summed E-state index contributed by atoms with van der Waals surface area (Å²) in [6.07, 6.45) is 0. The number of aromatic nitrogens is 2. The van der Waals surface area contributed by atoms with Gasteiger partial charge >= 0.3 is 0 Å². The lowest BCUT2D eigenvalue weighted by Crippen LogP contribution is -2.16. The zero-order valence-corrected chi connectivity index (χ0v) is 15.2. The van der Waals surface area contributed by atoms with Gasteiger partial charge in [-0.1, -0.05) is 23.7 Å². The summed E-state index contributed by atoms with van der Waals surface area (Å²) >= 11 is 8.84. The van der Waals surface area contributed by atoms with Gasteiger partial charge in [0.1, 0.15) is 0 Å². The first kappa shape index (κ1) is 17.0. The van der Waals surface area contributed by atoms with Gasteiger partial charge < -0.3 is 5.32 Å². The molecular formula is C16H14ClN3O2S2. The first-order chi connectivity index (χ1) is 11.5. The Morgan fingerprint density at radius 2 is 2.21 bits per heavy atom. The van der Waals surface area contributed by atoms with Crippen LogP contribution in [0.1, 0.15) is 11.4 Å². The highest BCUT2D eigenvalue weighted by atomic mass is 35.5. The number of fused-ring (bicyclic) bond motifs is 1. The standard InChI is InChI=1S/C16H14ClN3O2S2/c1-10-7-24-16-18-11(6-15(22)20(10)16)8-23-9-14(21)19-13-5-3-2-4-12(13)17/h2-7H,8-9H2,1H3,(H,19,21). The van der Waals surface area contributed by atoms with E-state index in [1.807, 2.05) is 18.4 Å². The van der Waals surface area contributed by atoms with Crippen LogP contribution in [0.25, 0.3) is 4.96 Å². The topological polar surface area (TPSA) is 63.5 Å². The quantitative estimate of drug-likeness (QED) is 0.735. The number of hydrogen-bond donors (Lipinski definition) is 1. The average Bonchev–Trinajstić information content (AvgIpc) is 2.91. The number of halogens is 1. The molecule has 3 aromatic rings. The third-order valence-electron chi connectivity index (χ3n) is 3.26. The van der Waals surface area contributed by atoms with E-state index >= 15 is 0 Å². The fraction of sp³-hybridized carbons (Fsp3) is 0.188. The van der Waals surface area contributed by atoms with Gasteiger partial charge in [-0.2, -0.15) is 0 Å². The molecule has 0 unspecified atom stereocenters. The van der Waals surface area contributed by atoms with E-state index in [2.05, 4.69) is 10.3 Å². The normalized spacial score (nSPS) is 10.9. The molecule has 0 aliphatic carbocycles. The maximum absolute atomic E-state index is 12.1. The number of amides is 1. The first-order valence-electron chi connectivity index (χ1n) is 7.13. The third-order valence-corrected chi connectivity index (χ3v) is 5.50. The van der Waals surface area contributed by atoms with Crippen LogP contribution in [0.2, 0.25) is 5.02 Å². The number of aryl methyl sites for hydroxylation is 1. The van der Waals surface area contributed by atoms with Gasteiger partial charge in [0.05, 0.1) is 22.2 Å². The molecule has 8 heteroatoms. The van der Waals surface area contributed by atoms with E-state index in [-0.39, 0.29) is 17.2 Å². The SMILES string of the molecule is Cc1csc2nc(CSCC(=O)Nc3ccccc3Cl)cc(=O)n12. The van der Waals surface area contributed by atoms with E-state index in [4.69, 9.17) is 11.6 Å². The number of thioether (sulfide) groups is 1. The van der Waals surface area contributed by atoms with Crippen molar-refractivity contribution in [3.05, 3.63) is 62.5 Å². The molecule has 1 aromatic carbocycles. The molecule has 0 radical (unpaired) electrons. The largest absolute Gasteiger partial charge is 0.324 e. The highest BCUT2D eigenvalue weighted by Crippen LogP contribution is 2.21. The minimum absolute atomic E-state index is 0.0881. The van der Waals surface area contributed by atoms with Crippen molar-refractivity contribution in [2.75, 3.05) is 11.1 Å². The molecule has 5 nitrogen and oxygen atoms in total. The Labute approximate surface area is 151 Å². The fourth-order valence-corrected chi connectivity index (χ4v) is 3.96.